The van der Waals surface area contributed by atoms with Crippen molar-refractivity contribution in [2.75, 3.05) is 0 Å². The number of hydrogen-bond donors (Lipinski definition) is 1. The summed E-state index contributed by atoms with van der Waals surface area (Å²) in [5, 5.41) is 0. The molecule has 0 bridgehead atoms. The molecule has 3 nitrogen and oxygen atoms in total. The molecule has 2 rings (SSSR count). The molecule has 100 valence electrons. The lowest BCUT2D eigenvalue weighted by Gasteiger charge is -2.20. The standard InChI is InChI=1S/C14H21NO2S/c1-10-9-11(14(2,3)4)5-8-13(10)18(16,17)15-12-6-7-12/h5,8-9,12,15H,6-7H2,1-4H3. The average Bonchev–Trinajstić information content (AvgIpc) is 2.98. The Kier molecular flexibility index (Phi) is 3.28. The molecule has 0 amide bonds. The molecule has 0 spiro atoms. The van der Waals surface area contributed by atoms with Crippen molar-refractivity contribution < 1.29 is 8.42 Å². The second-order valence-electron chi connectivity index (χ2n) is 6.13. The Hall–Kier alpha value is -0.870. The van der Waals surface area contributed by atoms with E-state index < -0.39 is 10.0 Å². The summed E-state index contributed by atoms with van der Waals surface area (Å²) in [6, 6.07) is 5.76. The van der Waals surface area contributed by atoms with Crippen LogP contribution in [0.15, 0.2) is 23.1 Å². The molecule has 0 atom stereocenters. The zero-order valence-corrected chi connectivity index (χ0v) is 12.3. The molecule has 1 aliphatic carbocycles. The van der Waals surface area contributed by atoms with E-state index in [1.165, 1.54) is 0 Å². The predicted molar refractivity (Wildman–Crippen MR) is 73.2 cm³/mol. The van der Waals surface area contributed by atoms with E-state index in [1.807, 2.05) is 19.1 Å². The van der Waals surface area contributed by atoms with Gasteiger partial charge in [0.1, 0.15) is 0 Å². The van der Waals surface area contributed by atoms with Crippen molar-refractivity contribution >= 4 is 10.0 Å². The maximum absolute atomic E-state index is 12.2. The molecule has 1 aromatic carbocycles. The molecule has 1 saturated carbocycles. The van der Waals surface area contributed by atoms with Crippen LogP contribution in [0.2, 0.25) is 0 Å². The summed E-state index contributed by atoms with van der Waals surface area (Å²) < 4.78 is 27.0. The number of aryl methyl sites for hydroxylation is 1. The maximum Gasteiger partial charge on any atom is 0.241 e. The minimum atomic E-state index is -3.34. The predicted octanol–water partition coefficient (Wildman–Crippen LogP) is 2.73. The maximum atomic E-state index is 12.2. The van der Waals surface area contributed by atoms with Crippen LogP contribution in [-0.2, 0) is 15.4 Å². The van der Waals surface area contributed by atoms with E-state index in [-0.39, 0.29) is 11.5 Å². The first-order valence-electron chi connectivity index (χ1n) is 6.33. The van der Waals surface area contributed by atoms with Crippen LogP contribution in [0.25, 0.3) is 0 Å². The summed E-state index contributed by atoms with van der Waals surface area (Å²) >= 11 is 0. The van der Waals surface area contributed by atoms with Gasteiger partial charge in [-0.2, -0.15) is 0 Å². The van der Waals surface area contributed by atoms with Gasteiger partial charge in [0, 0.05) is 6.04 Å². The van der Waals surface area contributed by atoms with Crippen molar-refractivity contribution in [3.63, 3.8) is 0 Å². The molecule has 1 aromatic rings. The van der Waals surface area contributed by atoms with E-state index >= 15 is 0 Å². The first-order chi connectivity index (χ1) is 8.20. The van der Waals surface area contributed by atoms with E-state index in [1.54, 1.807) is 6.07 Å². The van der Waals surface area contributed by atoms with Crippen molar-refractivity contribution in [3.8, 4) is 0 Å². The molecule has 4 heteroatoms. The highest BCUT2D eigenvalue weighted by Crippen LogP contribution is 2.27. The zero-order valence-electron chi connectivity index (χ0n) is 11.4. The monoisotopic (exact) mass is 267 g/mol. The molecule has 1 N–H and O–H groups in total. The normalized spacial score (nSPS) is 16.9. The van der Waals surface area contributed by atoms with Gasteiger partial charge in [-0.1, -0.05) is 32.9 Å². The Morgan fingerprint density at radius 2 is 1.83 bits per heavy atom. The van der Waals surface area contributed by atoms with Gasteiger partial charge in [-0.3, -0.25) is 0 Å². The van der Waals surface area contributed by atoms with Crippen LogP contribution in [0.3, 0.4) is 0 Å². The van der Waals surface area contributed by atoms with Gasteiger partial charge >= 0.3 is 0 Å². The molecule has 0 saturated heterocycles. The van der Waals surface area contributed by atoms with Crippen LogP contribution in [0.5, 0.6) is 0 Å². The molecule has 0 unspecified atom stereocenters. The summed E-state index contributed by atoms with van der Waals surface area (Å²) in [4.78, 5) is 0.405. The lowest BCUT2D eigenvalue weighted by atomic mass is 9.86. The Balaban J connectivity index is 2.35. The minimum absolute atomic E-state index is 0.0387. The van der Waals surface area contributed by atoms with E-state index in [9.17, 15) is 8.42 Å². The van der Waals surface area contributed by atoms with Crippen LogP contribution in [0, 0.1) is 6.92 Å². The number of benzene rings is 1. The Bertz CT molecular complexity index is 552. The van der Waals surface area contributed by atoms with Crippen LogP contribution >= 0.6 is 0 Å². The summed E-state index contributed by atoms with van der Waals surface area (Å²) in [6.07, 6.45) is 1.91. The number of nitrogens with one attached hydrogen (secondary N) is 1. The molecular weight excluding hydrogens is 246 g/mol. The summed E-state index contributed by atoms with van der Waals surface area (Å²) in [5.41, 5.74) is 2.01. The number of rotatable bonds is 3. The van der Waals surface area contributed by atoms with Crippen LogP contribution in [-0.4, -0.2) is 14.5 Å². The van der Waals surface area contributed by atoms with Gasteiger partial charge in [0.2, 0.25) is 10.0 Å². The van der Waals surface area contributed by atoms with Crippen molar-refractivity contribution in [2.24, 2.45) is 0 Å². The second kappa shape index (κ2) is 4.35. The summed E-state index contributed by atoms with van der Waals surface area (Å²) in [7, 11) is -3.34. The largest absolute Gasteiger partial charge is 0.241 e. The van der Waals surface area contributed by atoms with Crippen molar-refractivity contribution in [2.45, 2.75) is 56.9 Å². The third-order valence-corrected chi connectivity index (χ3v) is 4.91. The van der Waals surface area contributed by atoms with Crippen LogP contribution < -0.4 is 4.72 Å². The van der Waals surface area contributed by atoms with Crippen LogP contribution in [0.4, 0.5) is 0 Å². The third-order valence-electron chi connectivity index (χ3n) is 3.23. The zero-order chi connectivity index (χ0) is 13.6. The lowest BCUT2D eigenvalue weighted by molar-refractivity contribution is 0.577. The first-order valence-corrected chi connectivity index (χ1v) is 7.82. The van der Waals surface area contributed by atoms with E-state index in [0.29, 0.717) is 4.90 Å². The van der Waals surface area contributed by atoms with E-state index in [0.717, 1.165) is 24.0 Å². The molecular formula is C14H21NO2S. The number of sulfonamides is 1. The molecule has 1 fully saturated rings. The Morgan fingerprint density at radius 1 is 1.22 bits per heavy atom. The lowest BCUT2D eigenvalue weighted by Crippen LogP contribution is -2.26. The van der Waals surface area contributed by atoms with Gasteiger partial charge in [0.05, 0.1) is 4.90 Å². The highest BCUT2D eigenvalue weighted by atomic mass is 32.2. The second-order valence-corrected chi connectivity index (χ2v) is 7.81. The topological polar surface area (TPSA) is 46.2 Å². The molecule has 0 radical (unpaired) electrons. The van der Waals surface area contributed by atoms with Gasteiger partial charge < -0.3 is 0 Å². The molecule has 0 heterocycles. The minimum Gasteiger partial charge on any atom is -0.208 e. The third kappa shape index (κ3) is 2.93. The molecule has 0 aromatic heterocycles. The first kappa shape index (κ1) is 13.6. The van der Waals surface area contributed by atoms with Crippen molar-refractivity contribution in [1.82, 2.24) is 4.72 Å². The van der Waals surface area contributed by atoms with Gasteiger partial charge in [-0.15, -0.1) is 0 Å². The summed E-state index contributed by atoms with van der Waals surface area (Å²) in [6.45, 7) is 8.23. The van der Waals surface area contributed by atoms with Gasteiger partial charge in [-0.25, -0.2) is 13.1 Å². The van der Waals surface area contributed by atoms with Crippen LogP contribution in [0.1, 0.15) is 44.7 Å². The van der Waals surface area contributed by atoms with E-state index in [2.05, 4.69) is 25.5 Å². The van der Waals surface area contributed by atoms with Gasteiger partial charge in [0.15, 0.2) is 0 Å². The smallest absolute Gasteiger partial charge is 0.208 e. The fourth-order valence-corrected chi connectivity index (χ4v) is 3.43. The number of hydrogen-bond acceptors (Lipinski definition) is 2. The molecule has 18 heavy (non-hydrogen) atoms. The molecule has 1 aliphatic rings. The van der Waals surface area contributed by atoms with Crippen molar-refractivity contribution in [3.05, 3.63) is 29.3 Å². The highest BCUT2D eigenvalue weighted by molar-refractivity contribution is 7.89. The average molecular weight is 267 g/mol. The molecule has 0 aliphatic heterocycles. The fourth-order valence-electron chi connectivity index (χ4n) is 1.90. The quantitative estimate of drug-likeness (QED) is 0.915. The summed E-state index contributed by atoms with van der Waals surface area (Å²) in [5.74, 6) is 0. The Morgan fingerprint density at radius 3 is 2.28 bits per heavy atom. The van der Waals surface area contributed by atoms with Crippen molar-refractivity contribution in [1.29, 1.82) is 0 Å². The SMILES string of the molecule is Cc1cc(C(C)(C)C)ccc1S(=O)(=O)NC1CC1. The Labute approximate surface area is 110 Å². The van der Waals surface area contributed by atoms with Gasteiger partial charge in [-0.05, 0) is 42.4 Å². The fraction of sp³-hybridized carbons (Fsp3) is 0.571. The van der Waals surface area contributed by atoms with E-state index in [4.69, 9.17) is 0 Å². The van der Waals surface area contributed by atoms with Gasteiger partial charge in [0.25, 0.3) is 0 Å². The highest BCUT2D eigenvalue weighted by Gasteiger charge is 2.29.